The lowest BCUT2D eigenvalue weighted by Gasteiger charge is -2.21. The van der Waals surface area contributed by atoms with Crippen LogP contribution >= 0.6 is 35.3 Å². The molecular weight excluding hydrogens is 485 g/mol. The molecule has 1 N–H and O–H groups in total. The topological polar surface area (TPSA) is 60.8 Å². The number of hydrogen-bond donors (Lipinski definition) is 1. The third-order valence-corrected chi connectivity index (χ3v) is 5.51. The van der Waals surface area contributed by atoms with Crippen LogP contribution in [0, 0.1) is 6.92 Å². The lowest BCUT2D eigenvalue weighted by atomic mass is 10.1. The summed E-state index contributed by atoms with van der Waals surface area (Å²) in [7, 11) is 3.77. The molecule has 6 nitrogen and oxygen atoms in total. The highest BCUT2D eigenvalue weighted by atomic mass is 127. The van der Waals surface area contributed by atoms with Crippen LogP contribution in [-0.4, -0.2) is 47.3 Å². The molecule has 0 fully saturated rings. The molecule has 1 aliphatic heterocycles. The van der Waals surface area contributed by atoms with Crippen LogP contribution in [0.1, 0.15) is 34.7 Å². The molecule has 2 aromatic rings. The molecule has 0 unspecified atom stereocenters. The Balaban J connectivity index is 0.00000280. The molecule has 28 heavy (non-hydrogen) atoms. The van der Waals surface area contributed by atoms with E-state index in [4.69, 9.17) is 0 Å². The van der Waals surface area contributed by atoms with Crippen LogP contribution in [0.2, 0.25) is 0 Å². The van der Waals surface area contributed by atoms with E-state index in [0.29, 0.717) is 6.42 Å². The van der Waals surface area contributed by atoms with Crippen molar-refractivity contribution in [2.24, 2.45) is 4.99 Å². The average molecular weight is 513 g/mol. The van der Waals surface area contributed by atoms with Crippen molar-refractivity contribution in [2.75, 3.05) is 20.6 Å². The summed E-state index contributed by atoms with van der Waals surface area (Å²) in [6.45, 7) is 4.92. The molecule has 0 aliphatic carbocycles. The molecule has 152 valence electrons. The third-order valence-electron chi connectivity index (χ3n) is 4.68. The van der Waals surface area contributed by atoms with Gasteiger partial charge in [-0.15, -0.1) is 35.3 Å². The number of thiazole rings is 1. The van der Waals surface area contributed by atoms with E-state index >= 15 is 0 Å². The number of carbonyl (C=O) groups is 1. The number of carbonyl (C=O) groups excluding carboxylic acids is 1. The molecule has 2 heterocycles. The summed E-state index contributed by atoms with van der Waals surface area (Å²) in [6, 6.07) is 8.28. The van der Waals surface area contributed by atoms with Gasteiger partial charge in [0.25, 0.3) is 0 Å². The first-order valence-electron chi connectivity index (χ1n) is 9.24. The van der Waals surface area contributed by atoms with Gasteiger partial charge in [0.2, 0.25) is 5.91 Å². The van der Waals surface area contributed by atoms with Crippen LogP contribution in [0.25, 0.3) is 0 Å². The fourth-order valence-corrected chi connectivity index (χ4v) is 3.89. The first-order chi connectivity index (χ1) is 13.1. The Kier molecular flexibility index (Phi) is 8.68. The van der Waals surface area contributed by atoms with Gasteiger partial charge in [-0.1, -0.05) is 24.3 Å². The van der Waals surface area contributed by atoms with Gasteiger partial charge in [-0.2, -0.15) is 0 Å². The number of guanidine groups is 1. The molecular formula is C20H28IN5OS. The smallest absolute Gasteiger partial charge is 0.223 e. The minimum atomic E-state index is 0. The maximum absolute atomic E-state index is 12.5. The van der Waals surface area contributed by atoms with Crippen molar-refractivity contribution in [2.45, 2.75) is 39.4 Å². The highest BCUT2D eigenvalue weighted by molar-refractivity contribution is 14.0. The minimum Gasteiger partial charge on any atom is -0.356 e. The van der Waals surface area contributed by atoms with E-state index < -0.39 is 0 Å². The Hall–Kier alpha value is -1.68. The number of aromatic nitrogens is 1. The van der Waals surface area contributed by atoms with Crippen molar-refractivity contribution in [1.82, 2.24) is 20.1 Å². The Morgan fingerprint density at radius 3 is 2.57 bits per heavy atom. The van der Waals surface area contributed by atoms with Gasteiger partial charge in [0.1, 0.15) is 0 Å². The largest absolute Gasteiger partial charge is 0.356 e. The number of amides is 1. The van der Waals surface area contributed by atoms with Gasteiger partial charge in [0.05, 0.1) is 17.2 Å². The van der Waals surface area contributed by atoms with Gasteiger partial charge < -0.3 is 15.1 Å². The molecule has 3 rings (SSSR count). The Morgan fingerprint density at radius 1 is 1.32 bits per heavy atom. The van der Waals surface area contributed by atoms with E-state index in [1.54, 1.807) is 18.4 Å². The Labute approximate surface area is 188 Å². The standard InChI is InChI=1S/C20H27N5OS.HI/c1-15-23-18(14-27-15)13-24(3)20(21-2)22-10-6-9-19(26)25-11-16-7-4-5-8-17(16)12-25;/h4-5,7-8,14H,6,9-13H2,1-3H3,(H,21,22);1H. The molecule has 0 radical (unpaired) electrons. The molecule has 1 aromatic carbocycles. The third kappa shape index (κ3) is 5.91. The first-order valence-corrected chi connectivity index (χ1v) is 10.1. The van der Waals surface area contributed by atoms with Crippen molar-refractivity contribution in [3.8, 4) is 0 Å². The number of hydrogen-bond acceptors (Lipinski definition) is 4. The zero-order valence-corrected chi connectivity index (χ0v) is 19.8. The van der Waals surface area contributed by atoms with Crippen molar-refractivity contribution < 1.29 is 4.79 Å². The fourth-order valence-electron chi connectivity index (χ4n) is 3.29. The monoisotopic (exact) mass is 513 g/mol. The predicted octanol–water partition coefficient (Wildman–Crippen LogP) is 3.40. The molecule has 0 saturated heterocycles. The zero-order chi connectivity index (χ0) is 19.2. The summed E-state index contributed by atoms with van der Waals surface area (Å²) in [5, 5.41) is 6.49. The number of aryl methyl sites for hydroxylation is 1. The number of fused-ring (bicyclic) bond motifs is 1. The van der Waals surface area contributed by atoms with Crippen molar-refractivity contribution in [3.63, 3.8) is 0 Å². The summed E-state index contributed by atoms with van der Waals surface area (Å²) in [5.41, 5.74) is 3.58. The SMILES string of the molecule is CN=C(NCCCC(=O)N1Cc2ccccc2C1)N(C)Cc1csc(C)n1.I. The van der Waals surface area contributed by atoms with Gasteiger partial charge in [0.15, 0.2) is 5.96 Å². The summed E-state index contributed by atoms with van der Waals surface area (Å²) >= 11 is 1.66. The maximum Gasteiger partial charge on any atom is 0.223 e. The zero-order valence-electron chi connectivity index (χ0n) is 16.6. The average Bonchev–Trinajstić information content (AvgIpc) is 3.27. The van der Waals surface area contributed by atoms with E-state index in [1.807, 2.05) is 35.9 Å². The van der Waals surface area contributed by atoms with E-state index in [1.165, 1.54) is 11.1 Å². The second-order valence-electron chi connectivity index (χ2n) is 6.81. The molecule has 1 aromatic heterocycles. The summed E-state index contributed by atoms with van der Waals surface area (Å²) in [6.07, 6.45) is 1.33. The van der Waals surface area contributed by atoms with Crippen molar-refractivity contribution >= 4 is 47.2 Å². The number of benzene rings is 1. The van der Waals surface area contributed by atoms with Gasteiger partial charge in [0, 0.05) is 45.5 Å². The van der Waals surface area contributed by atoms with Crippen LogP contribution in [0.4, 0.5) is 0 Å². The van der Waals surface area contributed by atoms with Gasteiger partial charge in [-0.25, -0.2) is 4.98 Å². The molecule has 0 bridgehead atoms. The number of nitrogens with zero attached hydrogens (tertiary/aromatic N) is 4. The molecule has 1 amide bonds. The fraction of sp³-hybridized carbons (Fsp3) is 0.450. The second-order valence-corrected chi connectivity index (χ2v) is 7.87. The van der Waals surface area contributed by atoms with Gasteiger partial charge in [-0.3, -0.25) is 9.79 Å². The number of rotatable bonds is 6. The van der Waals surface area contributed by atoms with E-state index in [9.17, 15) is 4.79 Å². The number of aliphatic imine (C=N–C) groups is 1. The quantitative estimate of drug-likeness (QED) is 0.279. The van der Waals surface area contributed by atoms with E-state index in [0.717, 1.165) is 49.3 Å². The van der Waals surface area contributed by atoms with Gasteiger partial charge >= 0.3 is 0 Å². The second kappa shape index (κ2) is 10.8. The Morgan fingerprint density at radius 2 is 2.00 bits per heavy atom. The minimum absolute atomic E-state index is 0. The molecule has 0 atom stereocenters. The summed E-state index contributed by atoms with van der Waals surface area (Å²) in [4.78, 5) is 25.3. The molecule has 1 aliphatic rings. The molecule has 0 saturated carbocycles. The lowest BCUT2D eigenvalue weighted by molar-refractivity contribution is -0.131. The number of nitrogens with one attached hydrogen (secondary N) is 1. The lowest BCUT2D eigenvalue weighted by Crippen LogP contribution is -2.39. The normalized spacial score (nSPS) is 13.1. The van der Waals surface area contributed by atoms with Gasteiger partial charge in [-0.05, 0) is 24.5 Å². The van der Waals surface area contributed by atoms with E-state index in [2.05, 4.69) is 32.8 Å². The predicted molar refractivity (Wildman–Crippen MR) is 125 cm³/mol. The van der Waals surface area contributed by atoms with Crippen LogP contribution in [0.15, 0.2) is 34.6 Å². The summed E-state index contributed by atoms with van der Waals surface area (Å²) < 4.78 is 0. The van der Waals surface area contributed by atoms with Crippen LogP contribution in [0.3, 0.4) is 0 Å². The van der Waals surface area contributed by atoms with E-state index in [-0.39, 0.29) is 29.9 Å². The van der Waals surface area contributed by atoms with Crippen molar-refractivity contribution in [1.29, 1.82) is 0 Å². The summed E-state index contributed by atoms with van der Waals surface area (Å²) in [5.74, 6) is 1.04. The highest BCUT2D eigenvalue weighted by Crippen LogP contribution is 2.22. The Bertz CT molecular complexity index is 797. The molecule has 0 spiro atoms. The van der Waals surface area contributed by atoms with Crippen molar-refractivity contribution in [3.05, 3.63) is 51.5 Å². The van der Waals surface area contributed by atoms with Crippen LogP contribution in [0.5, 0.6) is 0 Å². The first kappa shape index (κ1) is 22.6. The molecule has 8 heteroatoms. The highest BCUT2D eigenvalue weighted by Gasteiger charge is 2.22. The maximum atomic E-state index is 12.5. The van der Waals surface area contributed by atoms with Crippen LogP contribution in [-0.2, 0) is 24.4 Å². The van der Waals surface area contributed by atoms with Crippen LogP contribution < -0.4 is 5.32 Å². The number of halogens is 1.